The van der Waals surface area contributed by atoms with Crippen LogP contribution in [0.2, 0.25) is 0 Å². The first-order chi connectivity index (χ1) is 7.24. The zero-order valence-corrected chi connectivity index (χ0v) is 8.64. The molecular formula is C10H15N3O2. The highest BCUT2D eigenvalue weighted by atomic mass is 16.5. The SMILES string of the molecule is COCC(N)C(=O)NCc1ccccn1. The third kappa shape index (κ3) is 4.05. The van der Waals surface area contributed by atoms with Crippen LogP contribution in [0, 0.1) is 0 Å². The standard InChI is InChI=1S/C10H15N3O2/c1-15-7-9(11)10(14)13-6-8-4-2-3-5-12-8/h2-5,9H,6-7,11H2,1H3,(H,13,14). The predicted molar refractivity (Wildman–Crippen MR) is 55.9 cm³/mol. The summed E-state index contributed by atoms with van der Waals surface area (Å²) in [6, 6.07) is 4.90. The van der Waals surface area contributed by atoms with Crippen molar-refractivity contribution in [2.45, 2.75) is 12.6 Å². The molecule has 1 heterocycles. The molecule has 0 aliphatic rings. The predicted octanol–water partition coefficient (Wildman–Crippen LogP) is -0.328. The van der Waals surface area contributed by atoms with Crippen molar-refractivity contribution >= 4 is 5.91 Å². The average Bonchev–Trinajstić information content (AvgIpc) is 2.27. The highest BCUT2D eigenvalue weighted by molar-refractivity contribution is 5.81. The maximum Gasteiger partial charge on any atom is 0.239 e. The molecule has 5 heteroatoms. The molecule has 15 heavy (non-hydrogen) atoms. The van der Waals surface area contributed by atoms with Crippen molar-refractivity contribution in [2.75, 3.05) is 13.7 Å². The minimum absolute atomic E-state index is 0.216. The van der Waals surface area contributed by atoms with E-state index in [1.807, 2.05) is 18.2 Å². The zero-order chi connectivity index (χ0) is 11.1. The lowest BCUT2D eigenvalue weighted by Gasteiger charge is -2.10. The van der Waals surface area contributed by atoms with Crippen LogP contribution in [-0.2, 0) is 16.1 Å². The highest BCUT2D eigenvalue weighted by Crippen LogP contribution is 1.92. The molecule has 0 aliphatic heterocycles. The molecule has 0 aliphatic carbocycles. The molecule has 0 aromatic carbocycles. The van der Waals surface area contributed by atoms with E-state index in [0.29, 0.717) is 6.54 Å². The summed E-state index contributed by atoms with van der Waals surface area (Å²) in [5, 5.41) is 2.68. The van der Waals surface area contributed by atoms with Crippen molar-refractivity contribution in [3.8, 4) is 0 Å². The van der Waals surface area contributed by atoms with E-state index < -0.39 is 6.04 Å². The molecular weight excluding hydrogens is 194 g/mol. The van der Waals surface area contributed by atoms with Gasteiger partial charge in [-0.15, -0.1) is 0 Å². The van der Waals surface area contributed by atoms with Gasteiger partial charge in [-0.1, -0.05) is 6.07 Å². The van der Waals surface area contributed by atoms with Gasteiger partial charge in [-0.2, -0.15) is 0 Å². The molecule has 1 aromatic rings. The first-order valence-corrected chi connectivity index (χ1v) is 4.66. The molecule has 0 saturated carbocycles. The molecule has 0 bridgehead atoms. The number of nitrogens with one attached hydrogen (secondary N) is 1. The van der Waals surface area contributed by atoms with Crippen molar-refractivity contribution in [3.05, 3.63) is 30.1 Å². The van der Waals surface area contributed by atoms with Crippen LogP contribution >= 0.6 is 0 Å². The van der Waals surface area contributed by atoms with Crippen LogP contribution in [0.1, 0.15) is 5.69 Å². The van der Waals surface area contributed by atoms with Crippen LogP contribution in [0.4, 0.5) is 0 Å². The second-order valence-electron chi connectivity index (χ2n) is 3.10. The molecule has 1 atom stereocenters. The Morgan fingerprint density at radius 3 is 3.07 bits per heavy atom. The van der Waals surface area contributed by atoms with E-state index in [1.54, 1.807) is 6.20 Å². The fraction of sp³-hybridized carbons (Fsp3) is 0.400. The number of methoxy groups -OCH3 is 1. The Balaban J connectivity index is 2.34. The Kier molecular flexibility index (Phi) is 4.73. The summed E-state index contributed by atoms with van der Waals surface area (Å²) >= 11 is 0. The van der Waals surface area contributed by atoms with E-state index >= 15 is 0 Å². The maximum absolute atomic E-state index is 11.4. The van der Waals surface area contributed by atoms with E-state index in [0.717, 1.165) is 5.69 Å². The minimum atomic E-state index is -0.626. The fourth-order valence-electron chi connectivity index (χ4n) is 1.07. The Hall–Kier alpha value is -1.46. The van der Waals surface area contributed by atoms with E-state index in [4.69, 9.17) is 10.5 Å². The van der Waals surface area contributed by atoms with Crippen molar-refractivity contribution in [1.82, 2.24) is 10.3 Å². The molecule has 1 amide bonds. The van der Waals surface area contributed by atoms with Gasteiger partial charge in [0.05, 0.1) is 18.8 Å². The monoisotopic (exact) mass is 209 g/mol. The quantitative estimate of drug-likeness (QED) is 0.696. The number of rotatable bonds is 5. The normalized spacial score (nSPS) is 12.1. The number of hydrogen-bond donors (Lipinski definition) is 2. The second kappa shape index (κ2) is 6.10. The van der Waals surface area contributed by atoms with Gasteiger partial charge in [0.25, 0.3) is 0 Å². The van der Waals surface area contributed by atoms with E-state index in [-0.39, 0.29) is 12.5 Å². The summed E-state index contributed by atoms with van der Waals surface area (Å²) in [5.74, 6) is -0.234. The van der Waals surface area contributed by atoms with Gasteiger partial charge in [0.15, 0.2) is 0 Å². The topological polar surface area (TPSA) is 77.2 Å². The molecule has 82 valence electrons. The molecule has 0 radical (unpaired) electrons. The molecule has 0 saturated heterocycles. The maximum atomic E-state index is 11.4. The number of pyridine rings is 1. The molecule has 3 N–H and O–H groups in total. The lowest BCUT2D eigenvalue weighted by Crippen LogP contribution is -2.43. The van der Waals surface area contributed by atoms with Gasteiger partial charge in [-0.25, -0.2) is 0 Å². The van der Waals surface area contributed by atoms with Crippen molar-refractivity contribution in [3.63, 3.8) is 0 Å². The number of carbonyl (C=O) groups excluding carboxylic acids is 1. The van der Waals surface area contributed by atoms with Crippen LogP contribution in [0.3, 0.4) is 0 Å². The number of carbonyl (C=O) groups is 1. The third-order valence-electron chi connectivity index (χ3n) is 1.85. The fourth-order valence-corrected chi connectivity index (χ4v) is 1.07. The summed E-state index contributed by atoms with van der Waals surface area (Å²) in [6.45, 7) is 0.602. The summed E-state index contributed by atoms with van der Waals surface area (Å²) < 4.78 is 4.78. The van der Waals surface area contributed by atoms with E-state index in [9.17, 15) is 4.79 Å². The first-order valence-electron chi connectivity index (χ1n) is 4.66. The van der Waals surface area contributed by atoms with Crippen LogP contribution < -0.4 is 11.1 Å². The van der Waals surface area contributed by atoms with Gasteiger partial charge in [-0.05, 0) is 12.1 Å². The Morgan fingerprint density at radius 2 is 2.47 bits per heavy atom. The summed E-state index contributed by atoms with van der Waals surface area (Å²) in [4.78, 5) is 15.4. The van der Waals surface area contributed by atoms with Crippen LogP contribution in [0.15, 0.2) is 24.4 Å². The van der Waals surface area contributed by atoms with E-state index in [2.05, 4.69) is 10.3 Å². The number of hydrogen-bond acceptors (Lipinski definition) is 4. The van der Waals surface area contributed by atoms with Crippen molar-refractivity contribution in [1.29, 1.82) is 0 Å². The number of ether oxygens (including phenoxy) is 1. The van der Waals surface area contributed by atoms with Crippen molar-refractivity contribution in [2.24, 2.45) is 5.73 Å². The van der Waals surface area contributed by atoms with Crippen LogP contribution in [0.25, 0.3) is 0 Å². The Morgan fingerprint density at radius 1 is 1.67 bits per heavy atom. The van der Waals surface area contributed by atoms with Gasteiger partial charge >= 0.3 is 0 Å². The molecule has 1 rings (SSSR count). The van der Waals surface area contributed by atoms with Crippen LogP contribution in [0.5, 0.6) is 0 Å². The zero-order valence-electron chi connectivity index (χ0n) is 8.64. The molecule has 0 spiro atoms. The number of nitrogens with two attached hydrogens (primary N) is 1. The van der Waals surface area contributed by atoms with Crippen LogP contribution in [-0.4, -0.2) is 30.6 Å². The van der Waals surface area contributed by atoms with E-state index in [1.165, 1.54) is 7.11 Å². The average molecular weight is 209 g/mol. The Bertz CT molecular complexity index is 303. The van der Waals surface area contributed by atoms with Gasteiger partial charge in [0, 0.05) is 13.3 Å². The molecule has 1 unspecified atom stereocenters. The van der Waals surface area contributed by atoms with Gasteiger partial charge in [0.2, 0.25) is 5.91 Å². The smallest absolute Gasteiger partial charge is 0.239 e. The number of nitrogens with zero attached hydrogens (tertiary/aromatic N) is 1. The molecule has 1 aromatic heterocycles. The minimum Gasteiger partial charge on any atom is -0.383 e. The summed E-state index contributed by atoms with van der Waals surface area (Å²) in [6.07, 6.45) is 1.68. The Labute approximate surface area is 88.6 Å². The van der Waals surface area contributed by atoms with Gasteiger partial charge in [-0.3, -0.25) is 9.78 Å². The first kappa shape index (κ1) is 11.6. The lowest BCUT2D eigenvalue weighted by molar-refractivity contribution is -0.123. The largest absolute Gasteiger partial charge is 0.383 e. The van der Waals surface area contributed by atoms with Gasteiger partial charge in [0.1, 0.15) is 6.04 Å². The van der Waals surface area contributed by atoms with Gasteiger partial charge < -0.3 is 15.8 Å². The number of amides is 1. The third-order valence-corrected chi connectivity index (χ3v) is 1.85. The second-order valence-corrected chi connectivity index (χ2v) is 3.10. The summed E-state index contributed by atoms with van der Waals surface area (Å²) in [5.41, 5.74) is 6.34. The number of aromatic nitrogens is 1. The van der Waals surface area contributed by atoms with Crippen molar-refractivity contribution < 1.29 is 9.53 Å². The summed E-state index contributed by atoms with van der Waals surface area (Å²) in [7, 11) is 1.51. The molecule has 5 nitrogen and oxygen atoms in total. The molecule has 0 fully saturated rings. The lowest BCUT2D eigenvalue weighted by atomic mass is 10.3. The highest BCUT2D eigenvalue weighted by Gasteiger charge is 2.11.